The molecule has 2 rings (SSSR count). The molecule has 0 bridgehead atoms. The van der Waals surface area contributed by atoms with Crippen LogP contribution in [0.5, 0.6) is 5.75 Å². The minimum absolute atomic E-state index is 0.101. The van der Waals surface area contributed by atoms with Gasteiger partial charge in [0, 0.05) is 12.1 Å². The summed E-state index contributed by atoms with van der Waals surface area (Å²) in [5.74, 6) is 0.0836. The first-order valence-corrected chi connectivity index (χ1v) is 5.90. The molecule has 1 aromatic carbocycles. The second-order valence-corrected chi connectivity index (χ2v) is 4.65. The van der Waals surface area contributed by atoms with Gasteiger partial charge in [-0.2, -0.15) is 0 Å². The molecule has 2 unspecified atom stereocenters. The van der Waals surface area contributed by atoms with E-state index < -0.39 is 5.82 Å². The summed E-state index contributed by atoms with van der Waals surface area (Å²) < 4.78 is 18.9. The van der Waals surface area contributed by atoms with Gasteiger partial charge in [-0.15, -0.1) is 0 Å². The Morgan fingerprint density at radius 1 is 1.38 bits per heavy atom. The summed E-state index contributed by atoms with van der Waals surface area (Å²) in [6.07, 6.45) is 4.04. The molecule has 4 heteroatoms. The predicted molar refractivity (Wildman–Crippen MR) is 62.3 cm³/mol. The molecule has 0 spiro atoms. The summed E-state index contributed by atoms with van der Waals surface area (Å²) in [6, 6.07) is 4.72. The average Bonchev–Trinajstić information content (AvgIpc) is 2.24. The summed E-state index contributed by atoms with van der Waals surface area (Å²) in [4.78, 5) is 0. The zero-order chi connectivity index (χ0) is 11.5. The Labute approximate surface area is 99.5 Å². The van der Waals surface area contributed by atoms with Crippen molar-refractivity contribution >= 4 is 11.6 Å². The maximum atomic E-state index is 13.2. The first-order chi connectivity index (χ1) is 7.65. The van der Waals surface area contributed by atoms with E-state index in [1.807, 2.05) is 0 Å². The fraction of sp³-hybridized carbons (Fsp3) is 0.500. The van der Waals surface area contributed by atoms with E-state index in [2.05, 4.69) is 0 Å². The van der Waals surface area contributed by atoms with Crippen molar-refractivity contribution in [3.8, 4) is 5.75 Å². The van der Waals surface area contributed by atoms with Gasteiger partial charge in [-0.05, 0) is 37.8 Å². The van der Waals surface area contributed by atoms with Crippen LogP contribution in [0.3, 0.4) is 0 Å². The minimum Gasteiger partial charge on any atom is -0.490 e. The maximum absolute atomic E-state index is 13.2. The van der Waals surface area contributed by atoms with E-state index in [1.54, 1.807) is 6.07 Å². The molecular weight excluding hydrogens is 229 g/mol. The fourth-order valence-corrected chi connectivity index (χ4v) is 2.15. The van der Waals surface area contributed by atoms with Crippen LogP contribution in [-0.4, -0.2) is 12.1 Å². The van der Waals surface area contributed by atoms with Crippen LogP contribution < -0.4 is 10.5 Å². The van der Waals surface area contributed by atoms with Crippen LogP contribution in [0.4, 0.5) is 4.39 Å². The first kappa shape index (κ1) is 11.7. The molecular formula is C12H15ClFNO. The quantitative estimate of drug-likeness (QED) is 0.866. The van der Waals surface area contributed by atoms with Crippen LogP contribution in [0, 0.1) is 5.82 Å². The SMILES string of the molecule is NC1CCCC(Oc2ccc(Cl)c(F)c2)C1. The third-order valence-corrected chi connectivity index (χ3v) is 3.17. The largest absolute Gasteiger partial charge is 0.490 e. The zero-order valence-electron chi connectivity index (χ0n) is 8.96. The van der Waals surface area contributed by atoms with Gasteiger partial charge in [0.05, 0.1) is 5.02 Å². The van der Waals surface area contributed by atoms with Crippen LogP contribution >= 0.6 is 11.6 Å². The summed E-state index contributed by atoms with van der Waals surface area (Å²) >= 11 is 5.60. The van der Waals surface area contributed by atoms with Crippen molar-refractivity contribution in [2.75, 3.05) is 0 Å². The molecule has 2 N–H and O–H groups in total. The zero-order valence-corrected chi connectivity index (χ0v) is 9.71. The summed E-state index contributed by atoms with van der Waals surface area (Å²) in [6.45, 7) is 0. The summed E-state index contributed by atoms with van der Waals surface area (Å²) in [7, 11) is 0. The summed E-state index contributed by atoms with van der Waals surface area (Å²) in [5, 5.41) is 0.118. The number of halogens is 2. The van der Waals surface area contributed by atoms with Crippen molar-refractivity contribution in [1.82, 2.24) is 0 Å². The molecule has 1 aromatic rings. The third-order valence-electron chi connectivity index (χ3n) is 2.86. The predicted octanol–water partition coefficient (Wildman–Crippen LogP) is 3.13. The van der Waals surface area contributed by atoms with Crippen molar-refractivity contribution in [3.05, 3.63) is 29.0 Å². The normalized spacial score (nSPS) is 25.4. The van der Waals surface area contributed by atoms with Gasteiger partial charge in [-0.1, -0.05) is 11.6 Å². The highest BCUT2D eigenvalue weighted by Crippen LogP contribution is 2.25. The van der Waals surface area contributed by atoms with Gasteiger partial charge in [-0.25, -0.2) is 4.39 Å². The average molecular weight is 244 g/mol. The first-order valence-electron chi connectivity index (χ1n) is 5.52. The van der Waals surface area contributed by atoms with Gasteiger partial charge in [-0.3, -0.25) is 0 Å². The Kier molecular flexibility index (Phi) is 3.66. The third kappa shape index (κ3) is 2.86. The highest BCUT2D eigenvalue weighted by atomic mass is 35.5. The molecule has 0 amide bonds. The fourth-order valence-electron chi connectivity index (χ4n) is 2.03. The van der Waals surface area contributed by atoms with Crippen molar-refractivity contribution < 1.29 is 9.13 Å². The number of hydrogen-bond acceptors (Lipinski definition) is 2. The highest BCUT2D eigenvalue weighted by Gasteiger charge is 2.20. The van der Waals surface area contributed by atoms with E-state index in [1.165, 1.54) is 12.1 Å². The van der Waals surface area contributed by atoms with Gasteiger partial charge in [0.25, 0.3) is 0 Å². The Hall–Kier alpha value is -0.800. The van der Waals surface area contributed by atoms with E-state index in [0.717, 1.165) is 25.7 Å². The molecule has 0 heterocycles. The molecule has 0 radical (unpaired) electrons. The standard InChI is InChI=1S/C12H15ClFNO/c13-11-5-4-10(7-12(11)14)16-9-3-1-2-8(15)6-9/h4-5,7-9H,1-3,6,15H2. The second-order valence-electron chi connectivity index (χ2n) is 4.24. The Morgan fingerprint density at radius 3 is 2.88 bits per heavy atom. The number of rotatable bonds is 2. The molecule has 0 aliphatic heterocycles. The molecule has 88 valence electrons. The number of nitrogens with two attached hydrogens (primary N) is 1. The molecule has 16 heavy (non-hydrogen) atoms. The molecule has 0 aromatic heterocycles. The molecule has 1 fully saturated rings. The minimum atomic E-state index is -0.445. The van der Waals surface area contributed by atoms with E-state index >= 15 is 0 Å². The number of benzene rings is 1. The van der Waals surface area contributed by atoms with Gasteiger partial charge in [0.2, 0.25) is 0 Å². The van der Waals surface area contributed by atoms with Crippen LogP contribution in [-0.2, 0) is 0 Å². The van der Waals surface area contributed by atoms with E-state index in [9.17, 15) is 4.39 Å². The Bertz CT molecular complexity index is 372. The van der Waals surface area contributed by atoms with Crippen molar-refractivity contribution in [2.24, 2.45) is 5.73 Å². The van der Waals surface area contributed by atoms with Crippen LogP contribution in [0.15, 0.2) is 18.2 Å². The molecule has 1 saturated carbocycles. The van der Waals surface area contributed by atoms with Crippen LogP contribution in [0.25, 0.3) is 0 Å². The lowest BCUT2D eigenvalue weighted by atomic mass is 9.93. The Morgan fingerprint density at radius 2 is 2.19 bits per heavy atom. The van der Waals surface area contributed by atoms with Crippen LogP contribution in [0.2, 0.25) is 5.02 Å². The van der Waals surface area contributed by atoms with Gasteiger partial charge in [0.1, 0.15) is 17.7 Å². The van der Waals surface area contributed by atoms with E-state index in [4.69, 9.17) is 22.1 Å². The van der Waals surface area contributed by atoms with Crippen LogP contribution in [0.1, 0.15) is 25.7 Å². The lowest BCUT2D eigenvalue weighted by Crippen LogP contribution is -2.33. The molecule has 2 nitrogen and oxygen atoms in total. The van der Waals surface area contributed by atoms with Crippen molar-refractivity contribution in [1.29, 1.82) is 0 Å². The van der Waals surface area contributed by atoms with Gasteiger partial charge < -0.3 is 10.5 Å². The molecule has 0 saturated heterocycles. The van der Waals surface area contributed by atoms with Crippen molar-refractivity contribution in [2.45, 2.75) is 37.8 Å². The smallest absolute Gasteiger partial charge is 0.145 e. The topological polar surface area (TPSA) is 35.2 Å². The summed E-state index contributed by atoms with van der Waals surface area (Å²) in [5.41, 5.74) is 5.86. The van der Waals surface area contributed by atoms with Crippen molar-refractivity contribution in [3.63, 3.8) is 0 Å². The van der Waals surface area contributed by atoms with E-state index in [-0.39, 0.29) is 17.2 Å². The van der Waals surface area contributed by atoms with Gasteiger partial charge in [0.15, 0.2) is 0 Å². The maximum Gasteiger partial charge on any atom is 0.145 e. The number of hydrogen-bond donors (Lipinski definition) is 1. The lowest BCUT2D eigenvalue weighted by molar-refractivity contribution is 0.144. The molecule has 1 aliphatic carbocycles. The molecule has 1 aliphatic rings. The number of ether oxygens (including phenoxy) is 1. The lowest BCUT2D eigenvalue weighted by Gasteiger charge is -2.27. The van der Waals surface area contributed by atoms with Gasteiger partial charge >= 0.3 is 0 Å². The Balaban J connectivity index is 2.00. The van der Waals surface area contributed by atoms with E-state index in [0.29, 0.717) is 5.75 Å². The monoisotopic (exact) mass is 243 g/mol. The molecule has 2 atom stereocenters. The highest BCUT2D eigenvalue weighted by molar-refractivity contribution is 6.30. The second kappa shape index (κ2) is 5.02.